The average Bonchev–Trinajstić information content (AvgIpc) is 2.81. The maximum absolute atomic E-state index is 6.67. The van der Waals surface area contributed by atoms with Gasteiger partial charge in [-0.15, -0.1) is 35.3 Å². The maximum Gasteiger partial charge on any atom is 0.0779 e. The van der Waals surface area contributed by atoms with E-state index in [0.717, 1.165) is 70.8 Å². The molecule has 0 N–H and O–H groups in total. The summed E-state index contributed by atoms with van der Waals surface area (Å²) in [5, 5.41) is 1.40. The summed E-state index contributed by atoms with van der Waals surface area (Å²) in [5.41, 5.74) is 7.09. The molecule has 0 saturated heterocycles. The third kappa shape index (κ3) is 7.78. The van der Waals surface area contributed by atoms with Gasteiger partial charge in [-0.05, 0) is 104 Å². The van der Waals surface area contributed by atoms with Crippen molar-refractivity contribution in [2.24, 2.45) is 0 Å². The Morgan fingerprint density at radius 2 is 1.24 bits per heavy atom. The van der Waals surface area contributed by atoms with E-state index in [4.69, 9.17) is 59.9 Å². The molecule has 0 radical (unpaired) electrons. The lowest BCUT2D eigenvalue weighted by Gasteiger charge is -2.17. The Bertz CT molecular complexity index is 1030. The molecule has 0 aromatic heterocycles. The van der Waals surface area contributed by atoms with Crippen molar-refractivity contribution in [2.75, 3.05) is 18.8 Å². The molecule has 0 unspecified atom stereocenters. The number of unbranched alkanes of at least 4 members (excludes halogenated alkanes) is 1. The second-order valence-corrected chi connectivity index (χ2v) is 12.8. The van der Waals surface area contributed by atoms with Crippen molar-refractivity contribution in [1.29, 1.82) is 0 Å². The number of benzene rings is 2. The van der Waals surface area contributed by atoms with E-state index in [1.807, 2.05) is 44.7 Å². The summed E-state index contributed by atoms with van der Waals surface area (Å²) in [7, 11) is 0. The molecule has 2 aromatic rings. The van der Waals surface area contributed by atoms with Gasteiger partial charge in [0.1, 0.15) is 0 Å². The average molecular weight is 590 g/mol. The molecule has 0 bridgehead atoms. The number of rotatable bonds is 8. The summed E-state index contributed by atoms with van der Waals surface area (Å²) in [4.78, 5) is 0. The molecule has 0 amide bonds. The summed E-state index contributed by atoms with van der Waals surface area (Å²) in [6, 6.07) is 8.31. The highest BCUT2D eigenvalue weighted by Crippen LogP contribution is 2.35. The molecule has 0 aliphatic carbocycles. The normalized spacial score (nSPS) is 10.8. The summed E-state index contributed by atoms with van der Waals surface area (Å²) in [6.07, 6.45) is 11.0. The van der Waals surface area contributed by atoms with Gasteiger partial charge >= 0.3 is 0 Å². The lowest BCUT2D eigenvalue weighted by atomic mass is 9.92. The Labute approximate surface area is 237 Å². The first-order valence-electron chi connectivity index (χ1n) is 10.2. The monoisotopic (exact) mass is 588 g/mol. The molecular weight excluding hydrogens is 564 g/mol. The van der Waals surface area contributed by atoms with Gasteiger partial charge in [-0.25, -0.2) is 0 Å². The summed E-state index contributed by atoms with van der Waals surface area (Å²) in [5.74, 6) is 0. The van der Waals surface area contributed by atoms with Gasteiger partial charge in [0, 0.05) is 25.4 Å². The molecule has 33 heavy (non-hydrogen) atoms. The Morgan fingerprint density at radius 3 is 1.64 bits per heavy atom. The van der Waals surface area contributed by atoms with Gasteiger partial charge in [0.05, 0.1) is 8.39 Å². The van der Waals surface area contributed by atoms with Gasteiger partial charge in [-0.1, -0.05) is 65.9 Å². The third-order valence-electron chi connectivity index (χ3n) is 5.28. The summed E-state index contributed by atoms with van der Waals surface area (Å²) >= 11 is 34.7. The van der Waals surface area contributed by atoms with Crippen molar-refractivity contribution >= 4 is 113 Å². The van der Waals surface area contributed by atoms with Crippen LogP contribution < -0.4 is 0 Å². The Balaban J connectivity index is 2.67. The largest absolute Gasteiger partial charge is 0.122 e. The topological polar surface area (TPSA) is 0 Å². The first kappa shape index (κ1) is 29.3. The van der Waals surface area contributed by atoms with Crippen LogP contribution in [0.5, 0.6) is 0 Å². The smallest absolute Gasteiger partial charge is 0.0779 e. The van der Waals surface area contributed by atoms with Gasteiger partial charge in [0.2, 0.25) is 0 Å². The number of thiocarbonyl (C=S) groups is 3. The zero-order valence-electron chi connectivity index (χ0n) is 19.2. The van der Waals surface area contributed by atoms with E-state index in [1.165, 1.54) is 0 Å². The zero-order chi connectivity index (χ0) is 24.7. The van der Waals surface area contributed by atoms with Crippen LogP contribution in [0.4, 0.5) is 0 Å². The van der Waals surface area contributed by atoms with E-state index in [2.05, 4.69) is 18.2 Å². The zero-order valence-corrected chi connectivity index (χ0v) is 25.6. The first-order chi connectivity index (χ1) is 15.6. The number of hydrogen-bond donors (Lipinski definition) is 0. The summed E-state index contributed by atoms with van der Waals surface area (Å²) in [6.45, 7) is 4.02. The molecule has 0 spiro atoms. The van der Waals surface area contributed by atoms with Crippen LogP contribution in [0.25, 0.3) is 5.57 Å². The Morgan fingerprint density at radius 1 is 0.788 bits per heavy atom. The molecule has 8 heteroatoms. The van der Waals surface area contributed by atoms with Crippen LogP contribution in [0, 0.1) is 13.8 Å². The molecule has 0 fully saturated rings. The van der Waals surface area contributed by atoms with Crippen LogP contribution in [0.15, 0.2) is 30.3 Å². The molecule has 0 aliphatic heterocycles. The molecule has 0 heterocycles. The van der Waals surface area contributed by atoms with Crippen molar-refractivity contribution in [3.63, 3.8) is 0 Å². The standard InChI is InChI=1S/C25H26Cl2S6/c1-14-19(24(29)32-4)10-16(12-21(14)26)18(8-6-7-9-23(28)31-3)17-11-20(25(30)33-5)15(2)22(27)13-17/h8,10-13H,6-7,9H2,1-5H3. The van der Waals surface area contributed by atoms with Crippen molar-refractivity contribution in [2.45, 2.75) is 33.1 Å². The van der Waals surface area contributed by atoms with Gasteiger partial charge in [-0.2, -0.15) is 0 Å². The molecule has 2 aromatic carbocycles. The van der Waals surface area contributed by atoms with E-state index in [-0.39, 0.29) is 0 Å². The Hall–Kier alpha value is 0.0800. The quantitative estimate of drug-likeness (QED) is 0.220. The fourth-order valence-electron chi connectivity index (χ4n) is 3.31. The van der Waals surface area contributed by atoms with Gasteiger partial charge in [-0.3, -0.25) is 0 Å². The molecule has 0 saturated carbocycles. The predicted octanol–water partition coefficient (Wildman–Crippen LogP) is 9.98. The van der Waals surface area contributed by atoms with E-state index >= 15 is 0 Å². The molecule has 0 aliphatic rings. The molecule has 0 nitrogen and oxygen atoms in total. The number of allylic oxidation sites excluding steroid dienone is 1. The highest BCUT2D eigenvalue weighted by atomic mass is 35.5. The van der Waals surface area contributed by atoms with E-state index in [1.54, 1.807) is 35.3 Å². The van der Waals surface area contributed by atoms with Gasteiger partial charge in [0.25, 0.3) is 0 Å². The molecular formula is C25H26Cl2S6. The van der Waals surface area contributed by atoms with Crippen LogP contribution in [-0.2, 0) is 0 Å². The SMILES string of the molecule is CSC(=S)CCCC=C(c1cc(Cl)c(C)c(C(=S)SC)c1)c1cc(Cl)c(C)c(C(=S)SC)c1. The number of thioether (sulfide) groups is 3. The highest BCUT2D eigenvalue weighted by molar-refractivity contribution is 8.23. The second kappa shape index (κ2) is 14.0. The minimum Gasteiger partial charge on any atom is -0.122 e. The maximum atomic E-state index is 6.67. The van der Waals surface area contributed by atoms with Gasteiger partial charge in [0.15, 0.2) is 0 Å². The lowest BCUT2D eigenvalue weighted by molar-refractivity contribution is 0.908. The third-order valence-corrected chi connectivity index (χ3v) is 10.1. The van der Waals surface area contributed by atoms with Crippen LogP contribution in [-0.4, -0.2) is 31.4 Å². The summed E-state index contributed by atoms with van der Waals surface area (Å²) < 4.78 is 2.68. The molecule has 2 rings (SSSR count). The van der Waals surface area contributed by atoms with Crippen molar-refractivity contribution in [3.8, 4) is 0 Å². The Kier molecular flexibility index (Phi) is 12.4. The fourth-order valence-corrected chi connectivity index (χ4v) is 5.53. The minimum atomic E-state index is 0.700. The van der Waals surface area contributed by atoms with Crippen LogP contribution in [0.1, 0.15) is 52.6 Å². The van der Waals surface area contributed by atoms with E-state index < -0.39 is 0 Å². The second-order valence-electron chi connectivity index (χ2n) is 7.33. The predicted molar refractivity (Wildman–Crippen MR) is 170 cm³/mol. The van der Waals surface area contributed by atoms with Crippen LogP contribution in [0.2, 0.25) is 10.0 Å². The highest BCUT2D eigenvalue weighted by Gasteiger charge is 2.16. The molecule has 0 atom stereocenters. The van der Waals surface area contributed by atoms with Crippen LogP contribution in [0.3, 0.4) is 0 Å². The van der Waals surface area contributed by atoms with Crippen molar-refractivity contribution in [3.05, 3.63) is 73.8 Å². The van der Waals surface area contributed by atoms with Crippen molar-refractivity contribution < 1.29 is 0 Å². The van der Waals surface area contributed by atoms with E-state index in [9.17, 15) is 0 Å². The van der Waals surface area contributed by atoms with Gasteiger partial charge < -0.3 is 0 Å². The van der Waals surface area contributed by atoms with Crippen LogP contribution >= 0.6 is 95.1 Å². The fraction of sp³-hybridized carbons (Fsp3) is 0.320. The first-order valence-corrected chi connectivity index (χ1v) is 15.8. The number of halogens is 2. The van der Waals surface area contributed by atoms with E-state index in [0.29, 0.717) is 10.0 Å². The number of hydrogen-bond acceptors (Lipinski definition) is 6. The lowest BCUT2D eigenvalue weighted by Crippen LogP contribution is -2.02. The van der Waals surface area contributed by atoms with Crippen molar-refractivity contribution in [1.82, 2.24) is 0 Å². The molecule has 176 valence electrons. The minimum absolute atomic E-state index is 0.700.